The Labute approximate surface area is 262 Å². The van der Waals surface area contributed by atoms with Gasteiger partial charge in [0.05, 0.1) is 34.9 Å². The Morgan fingerprint density at radius 3 is 2.56 bits per heavy atom. The molecule has 0 radical (unpaired) electrons. The van der Waals surface area contributed by atoms with E-state index in [4.69, 9.17) is 9.47 Å². The molecule has 5 unspecified atom stereocenters. The zero-order valence-corrected chi connectivity index (χ0v) is 26.3. The first kappa shape index (κ1) is 32.5. The number of para-hydroxylation sites is 1. The maximum atomic E-state index is 13.8. The van der Waals surface area contributed by atoms with E-state index in [9.17, 15) is 32.4 Å². The van der Waals surface area contributed by atoms with Gasteiger partial charge < -0.3 is 19.7 Å². The van der Waals surface area contributed by atoms with E-state index in [1.54, 1.807) is 31.0 Å². The second-order valence-corrected chi connectivity index (χ2v) is 14.2. The number of amides is 4. The lowest BCUT2D eigenvalue weighted by molar-refractivity contribution is -0.140. The molecule has 13 nitrogen and oxygen atoms in total. The van der Waals surface area contributed by atoms with Gasteiger partial charge >= 0.3 is 12.1 Å². The smallest absolute Gasteiger partial charge is 0.411 e. The van der Waals surface area contributed by atoms with Gasteiger partial charge in [-0.1, -0.05) is 24.3 Å². The van der Waals surface area contributed by atoms with Crippen molar-refractivity contribution >= 4 is 45.5 Å². The molecule has 0 bridgehead atoms. The Kier molecular flexibility index (Phi) is 9.52. The van der Waals surface area contributed by atoms with Crippen LogP contribution in [0, 0.1) is 17.8 Å². The molecule has 244 valence electrons. The highest BCUT2D eigenvalue weighted by Gasteiger charge is 2.62. The molecule has 5 rings (SSSR count). The first-order chi connectivity index (χ1) is 21.4. The minimum atomic E-state index is -3.85. The van der Waals surface area contributed by atoms with Crippen LogP contribution in [0.2, 0.25) is 0 Å². The second kappa shape index (κ2) is 13.2. The lowest BCUT2D eigenvalue weighted by atomic mass is 9.93. The summed E-state index contributed by atoms with van der Waals surface area (Å²) in [6.07, 6.45) is 5.62. The van der Waals surface area contributed by atoms with Gasteiger partial charge in [0.25, 0.3) is 5.91 Å². The fourth-order valence-corrected chi connectivity index (χ4v) is 7.53. The Morgan fingerprint density at radius 1 is 1.09 bits per heavy atom. The van der Waals surface area contributed by atoms with Gasteiger partial charge in [0.15, 0.2) is 0 Å². The number of anilines is 1. The number of carbonyl (C=O) groups is 5. The third-order valence-electron chi connectivity index (χ3n) is 8.93. The maximum Gasteiger partial charge on any atom is 0.411 e. The molecule has 45 heavy (non-hydrogen) atoms. The zero-order chi connectivity index (χ0) is 32.4. The molecule has 3 N–H and O–H groups in total. The maximum absolute atomic E-state index is 13.8. The van der Waals surface area contributed by atoms with Gasteiger partial charge in [-0.25, -0.2) is 18.0 Å². The van der Waals surface area contributed by atoms with Crippen LogP contribution in [-0.4, -0.2) is 80.2 Å². The summed E-state index contributed by atoms with van der Waals surface area (Å²) in [6, 6.07) is 6.30. The molecule has 0 saturated heterocycles. The normalized spacial score (nSPS) is 29.2. The Morgan fingerprint density at radius 2 is 1.82 bits per heavy atom. The summed E-state index contributed by atoms with van der Waals surface area (Å²) in [5.74, 6) is -4.39. The number of ether oxygens (including phenoxy) is 2. The molecule has 0 spiro atoms. The SMILES string of the molecule is CCOC(=O)c1ccccc1NC(=O)OC1CC2C(=O)NC3(C(=O)NS(=O)(=O)C4CC4)CC3/C=C\CCCCN(C)C(=O)C2C1. The van der Waals surface area contributed by atoms with Gasteiger partial charge in [0, 0.05) is 19.5 Å². The number of carbonyl (C=O) groups excluding carboxylic acids is 5. The molecule has 1 aromatic rings. The molecule has 1 aromatic carbocycles. The molecule has 3 fully saturated rings. The minimum Gasteiger partial charge on any atom is -0.462 e. The average molecular weight is 645 g/mol. The van der Waals surface area contributed by atoms with Crippen LogP contribution in [0.4, 0.5) is 10.5 Å². The van der Waals surface area contributed by atoms with Crippen LogP contribution in [0.15, 0.2) is 36.4 Å². The van der Waals surface area contributed by atoms with E-state index in [0.29, 0.717) is 25.8 Å². The highest BCUT2D eigenvalue weighted by atomic mass is 32.2. The summed E-state index contributed by atoms with van der Waals surface area (Å²) < 4.78 is 38.1. The predicted octanol–water partition coefficient (Wildman–Crippen LogP) is 2.49. The van der Waals surface area contributed by atoms with Crippen molar-refractivity contribution in [2.45, 2.75) is 75.2 Å². The van der Waals surface area contributed by atoms with E-state index in [-0.39, 0.29) is 43.0 Å². The largest absolute Gasteiger partial charge is 0.462 e. The number of fused-ring (bicyclic) bond motifs is 2. The second-order valence-electron chi connectivity index (χ2n) is 12.2. The van der Waals surface area contributed by atoms with E-state index >= 15 is 0 Å². The summed E-state index contributed by atoms with van der Waals surface area (Å²) in [5, 5.41) is 4.76. The monoisotopic (exact) mass is 644 g/mol. The van der Waals surface area contributed by atoms with Crippen molar-refractivity contribution in [1.29, 1.82) is 0 Å². The molecule has 4 amide bonds. The van der Waals surface area contributed by atoms with Crippen LogP contribution >= 0.6 is 0 Å². The van der Waals surface area contributed by atoms with Crippen molar-refractivity contribution < 1.29 is 41.9 Å². The molecule has 3 saturated carbocycles. The highest BCUT2D eigenvalue weighted by Crippen LogP contribution is 2.47. The van der Waals surface area contributed by atoms with Gasteiger partial charge in [-0.3, -0.25) is 24.4 Å². The van der Waals surface area contributed by atoms with Crippen molar-refractivity contribution in [2.75, 3.05) is 25.5 Å². The molecule has 3 aliphatic carbocycles. The van der Waals surface area contributed by atoms with Crippen molar-refractivity contribution in [3.05, 3.63) is 42.0 Å². The number of rotatable bonds is 7. The fourth-order valence-electron chi connectivity index (χ4n) is 6.16. The number of hydrogen-bond acceptors (Lipinski definition) is 9. The third kappa shape index (κ3) is 7.32. The minimum absolute atomic E-state index is 0.0155. The Bertz CT molecular complexity index is 1490. The summed E-state index contributed by atoms with van der Waals surface area (Å²) in [7, 11) is -2.18. The lowest BCUT2D eigenvalue weighted by Crippen LogP contribution is -2.54. The summed E-state index contributed by atoms with van der Waals surface area (Å²) in [4.78, 5) is 67.6. The number of sulfonamides is 1. The van der Waals surface area contributed by atoms with Crippen molar-refractivity contribution in [2.24, 2.45) is 17.8 Å². The quantitative estimate of drug-likeness (QED) is 0.297. The van der Waals surface area contributed by atoms with Crippen molar-refractivity contribution in [3.63, 3.8) is 0 Å². The van der Waals surface area contributed by atoms with Crippen LogP contribution in [-0.2, 0) is 33.9 Å². The van der Waals surface area contributed by atoms with Gasteiger partial charge in [-0.15, -0.1) is 0 Å². The van der Waals surface area contributed by atoms with Crippen LogP contribution in [0.5, 0.6) is 0 Å². The number of esters is 1. The zero-order valence-electron chi connectivity index (χ0n) is 25.5. The van der Waals surface area contributed by atoms with Gasteiger partial charge in [-0.05, 0) is 70.4 Å². The number of allylic oxidation sites excluding steroid dienone is 1. The molecule has 1 heterocycles. The first-order valence-corrected chi connectivity index (χ1v) is 17.0. The van der Waals surface area contributed by atoms with E-state index in [1.165, 1.54) is 12.1 Å². The Balaban J connectivity index is 1.33. The average Bonchev–Trinajstić information content (AvgIpc) is 3.91. The fraction of sp³-hybridized carbons (Fsp3) is 0.581. The molecule has 0 aromatic heterocycles. The number of nitrogens with one attached hydrogen (secondary N) is 3. The van der Waals surface area contributed by atoms with E-state index in [1.807, 2.05) is 12.2 Å². The van der Waals surface area contributed by atoms with E-state index < -0.39 is 68.5 Å². The van der Waals surface area contributed by atoms with Crippen LogP contribution in [0.3, 0.4) is 0 Å². The van der Waals surface area contributed by atoms with E-state index in [2.05, 4.69) is 15.4 Å². The van der Waals surface area contributed by atoms with Gasteiger partial charge in [0.1, 0.15) is 11.6 Å². The number of hydrogen-bond donors (Lipinski definition) is 3. The lowest BCUT2D eigenvalue weighted by Gasteiger charge is -2.26. The summed E-state index contributed by atoms with van der Waals surface area (Å²) in [5.41, 5.74) is -1.12. The first-order valence-electron chi connectivity index (χ1n) is 15.5. The summed E-state index contributed by atoms with van der Waals surface area (Å²) in [6.45, 7) is 2.31. The molecule has 14 heteroatoms. The van der Waals surface area contributed by atoms with Crippen molar-refractivity contribution in [1.82, 2.24) is 14.9 Å². The molecular formula is C31H40N4O9S. The Hall–Kier alpha value is -3.94. The molecule has 1 aliphatic heterocycles. The van der Waals surface area contributed by atoms with Crippen molar-refractivity contribution in [3.8, 4) is 0 Å². The van der Waals surface area contributed by atoms with E-state index in [0.717, 1.165) is 12.8 Å². The molecule has 5 atom stereocenters. The van der Waals surface area contributed by atoms with Crippen LogP contribution in [0.1, 0.15) is 68.6 Å². The van der Waals surface area contributed by atoms with Gasteiger partial charge in [-0.2, -0.15) is 0 Å². The highest BCUT2D eigenvalue weighted by molar-refractivity contribution is 7.91. The third-order valence-corrected chi connectivity index (χ3v) is 10.7. The van der Waals surface area contributed by atoms with Crippen LogP contribution in [0.25, 0.3) is 0 Å². The topological polar surface area (TPSA) is 177 Å². The van der Waals surface area contributed by atoms with Crippen LogP contribution < -0.4 is 15.4 Å². The number of nitrogens with zero attached hydrogens (tertiary/aromatic N) is 1. The predicted molar refractivity (Wildman–Crippen MR) is 162 cm³/mol. The molecule has 4 aliphatic rings. The number of benzene rings is 1. The summed E-state index contributed by atoms with van der Waals surface area (Å²) >= 11 is 0. The standard InChI is InChI=1S/C31H40N4O9S/c1-3-43-28(38)22-11-7-8-12-25(22)32-30(40)44-20-16-23-24(17-20)27(37)35(2)15-9-5-4-6-10-19-18-31(19,33-26(23)36)29(39)34-45(41,42)21-13-14-21/h6-8,10-12,19-21,23-24H,3-5,9,13-18H2,1-2H3,(H,32,40)(H,33,36)(H,34,39)/b10-6-. The van der Waals surface area contributed by atoms with Gasteiger partial charge in [0.2, 0.25) is 21.8 Å². The molecular weight excluding hydrogens is 604 g/mol.